The standard InChI is InChI=1S/C27H28ClF2N7O/c1-27(29,30)17-36-12-8-18-14-22(24(38-2)15-19(18)9-13-36)34-26-31-16-20(28)25(35-26)33-21-6-3-4-7-23(21)37-11-5-10-32-37/h3-7,10-11,14-16H,8-9,12-13,17H2,1-2H3,(H2,31,33,34,35). The molecule has 0 bridgehead atoms. The lowest BCUT2D eigenvalue weighted by atomic mass is 10.0. The van der Waals surface area contributed by atoms with Crippen LogP contribution in [0.4, 0.5) is 31.9 Å². The van der Waals surface area contributed by atoms with Gasteiger partial charge in [-0.25, -0.2) is 18.4 Å². The molecule has 0 saturated heterocycles. The maximum absolute atomic E-state index is 13.6. The van der Waals surface area contributed by atoms with Crippen LogP contribution < -0.4 is 15.4 Å². The fourth-order valence-electron chi connectivity index (χ4n) is 4.57. The van der Waals surface area contributed by atoms with E-state index in [9.17, 15) is 8.78 Å². The van der Waals surface area contributed by atoms with Crippen LogP contribution in [0.5, 0.6) is 5.75 Å². The monoisotopic (exact) mass is 539 g/mol. The van der Waals surface area contributed by atoms with Gasteiger partial charge in [0.25, 0.3) is 5.92 Å². The van der Waals surface area contributed by atoms with Gasteiger partial charge in [0.2, 0.25) is 5.95 Å². The average Bonchev–Trinajstić information content (AvgIpc) is 3.35. The molecule has 38 heavy (non-hydrogen) atoms. The Balaban J connectivity index is 1.38. The highest BCUT2D eigenvalue weighted by Gasteiger charge is 2.27. The van der Waals surface area contributed by atoms with Gasteiger partial charge in [-0.3, -0.25) is 4.90 Å². The summed E-state index contributed by atoms with van der Waals surface area (Å²) in [4.78, 5) is 10.8. The Kier molecular flexibility index (Phi) is 7.44. The zero-order chi connectivity index (χ0) is 26.7. The van der Waals surface area contributed by atoms with Crippen molar-refractivity contribution >= 4 is 34.7 Å². The first-order valence-corrected chi connectivity index (χ1v) is 12.6. The van der Waals surface area contributed by atoms with Crippen molar-refractivity contribution in [3.8, 4) is 11.4 Å². The molecule has 5 rings (SSSR count). The second-order valence-corrected chi connectivity index (χ2v) is 9.68. The second kappa shape index (κ2) is 10.9. The van der Waals surface area contributed by atoms with Gasteiger partial charge in [-0.1, -0.05) is 23.7 Å². The van der Waals surface area contributed by atoms with E-state index >= 15 is 0 Å². The normalized spacial score (nSPS) is 14.0. The smallest absolute Gasteiger partial charge is 0.257 e. The molecule has 2 aromatic carbocycles. The molecule has 1 aliphatic rings. The summed E-state index contributed by atoms with van der Waals surface area (Å²) in [5.74, 6) is -1.35. The molecule has 0 amide bonds. The number of aromatic nitrogens is 4. The first-order chi connectivity index (χ1) is 18.3. The fourth-order valence-corrected chi connectivity index (χ4v) is 4.71. The van der Waals surface area contributed by atoms with Gasteiger partial charge in [-0.15, -0.1) is 0 Å². The lowest BCUT2D eigenvalue weighted by molar-refractivity contribution is -0.0133. The number of para-hydroxylation sites is 2. The van der Waals surface area contributed by atoms with E-state index in [-0.39, 0.29) is 6.54 Å². The van der Waals surface area contributed by atoms with Crippen LogP contribution in [0.15, 0.2) is 61.1 Å². The highest BCUT2D eigenvalue weighted by atomic mass is 35.5. The van der Waals surface area contributed by atoms with E-state index in [0.717, 1.165) is 29.4 Å². The Labute approximate surface area is 224 Å². The van der Waals surface area contributed by atoms with E-state index in [1.807, 2.05) is 48.7 Å². The molecule has 11 heteroatoms. The van der Waals surface area contributed by atoms with Gasteiger partial charge >= 0.3 is 0 Å². The molecule has 2 aromatic heterocycles. The summed E-state index contributed by atoms with van der Waals surface area (Å²) in [7, 11) is 1.59. The average molecular weight is 540 g/mol. The molecule has 2 N–H and O–H groups in total. The molecular weight excluding hydrogens is 512 g/mol. The van der Waals surface area contributed by atoms with Crippen LogP contribution in [0, 0.1) is 0 Å². The second-order valence-electron chi connectivity index (χ2n) is 9.28. The van der Waals surface area contributed by atoms with Crippen LogP contribution in [0.25, 0.3) is 5.69 Å². The molecule has 0 spiro atoms. The van der Waals surface area contributed by atoms with Gasteiger partial charge in [-0.05, 0) is 54.3 Å². The van der Waals surface area contributed by atoms with Gasteiger partial charge in [0, 0.05) is 32.4 Å². The summed E-state index contributed by atoms with van der Waals surface area (Å²) in [6.45, 7) is 1.84. The van der Waals surface area contributed by atoms with Crippen molar-refractivity contribution in [3.05, 3.63) is 77.2 Å². The van der Waals surface area contributed by atoms with Gasteiger partial charge in [0.1, 0.15) is 10.8 Å². The molecule has 0 fully saturated rings. The molecule has 3 heterocycles. The third-order valence-electron chi connectivity index (χ3n) is 6.32. The Morgan fingerprint density at radius 3 is 2.53 bits per heavy atom. The number of hydrogen-bond acceptors (Lipinski definition) is 7. The third kappa shape index (κ3) is 6.03. The summed E-state index contributed by atoms with van der Waals surface area (Å²) in [6, 6.07) is 13.5. The molecule has 0 unspecified atom stereocenters. The van der Waals surface area contributed by atoms with Gasteiger partial charge < -0.3 is 15.4 Å². The molecule has 0 atom stereocenters. The fraction of sp³-hybridized carbons (Fsp3) is 0.296. The summed E-state index contributed by atoms with van der Waals surface area (Å²) < 4.78 is 34.5. The molecule has 8 nitrogen and oxygen atoms in total. The maximum atomic E-state index is 13.6. The lowest BCUT2D eigenvalue weighted by Gasteiger charge is -2.23. The zero-order valence-corrected chi connectivity index (χ0v) is 21.8. The number of hydrogen-bond donors (Lipinski definition) is 2. The minimum absolute atomic E-state index is 0.249. The van der Waals surface area contributed by atoms with Crippen LogP contribution >= 0.6 is 11.6 Å². The highest BCUT2D eigenvalue weighted by Crippen LogP contribution is 2.34. The quantitative estimate of drug-likeness (QED) is 0.290. The number of rotatable bonds is 8. The van der Waals surface area contributed by atoms with Crippen LogP contribution in [0.1, 0.15) is 18.1 Å². The Bertz CT molecular complexity index is 1410. The van der Waals surface area contributed by atoms with E-state index in [1.54, 1.807) is 22.9 Å². The number of fused-ring (bicyclic) bond motifs is 1. The van der Waals surface area contributed by atoms with Gasteiger partial charge in [0.05, 0.1) is 36.9 Å². The number of benzene rings is 2. The van der Waals surface area contributed by atoms with E-state index in [2.05, 4.69) is 25.7 Å². The van der Waals surface area contributed by atoms with Crippen molar-refractivity contribution in [2.24, 2.45) is 0 Å². The van der Waals surface area contributed by atoms with E-state index in [4.69, 9.17) is 16.3 Å². The zero-order valence-electron chi connectivity index (χ0n) is 21.1. The van der Waals surface area contributed by atoms with Gasteiger partial charge in [0.15, 0.2) is 5.82 Å². The molecule has 0 radical (unpaired) electrons. The summed E-state index contributed by atoms with van der Waals surface area (Å²) in [6.07, 6.45) is 6.41. The van der Waals surface area contributed by atoms with Crippen LogP contribution in [0.2, 0.25) is 5.02 Å². The van der Waals surface area contributed by atoms with Crippen LogP contribution in [0.3, 0.4) is 0 Å². The topological polar surface area (TPSA) is 80.1 Å². The summed E-state index contributed by atoms with van der Waals surface area (Å²) >= 11 is 6.44. The lowest BCUT2D eigenvalue weighted by Crippen LogP contribution is -2.36. The van der Waals surface area contributed by atoms with Crippen LogP contribution in [-0.4, -0.2) is 57.3 Å². The minimum Gasteiger partial charge on any atom is -0.495 e. The largest absolute Gasteiger partial charge is 0.495 e. The van der Waals surface area contributed by atoms with Crippen LogP contribution in [-0.2, 0) is 12.8 Å². The Morgan fingerprint density at radius 1 is 1.05 bits per heavy atom. The maximum Gasteiger partial charge on any atom is 0.257 e. The van der Waals surface area contributed by atoms with Crippen molar-refractivity contribution < 1.29 is 13.5 Å². The van der Waals surface area contributed by atoms with E-state index < -0.39 is 5.92 Å². The number of alkyl halides is 2. The van der Waals surface area contributed by atoms with Crippen molar-refractivity contribution in [3.63, 3.8) is 0 Å². The van der Waals surface area contributed by atoms with E-state index in [1.165, 1.54) is 6.20 Å². The summed E-state index contributed by atoms with van der Waals surface area (Å²) in [5, 5.41) is 11.2. The molecule has 4 aromatic rings. The first kappa shape index (κ1) is 25.9. The molecule has 198 valence electrons. The first-order valence-electron chi connectivity index (χ1n) is 12.2. The number of methoxy groups -OCH3 is 1. The number of halogens is 3. The third-order valence-corrected chi connectivity index (χ3v) is 6.59. The Hall–Kier alpha value is -3.76. The number of ether oxygens (including phenoxy) is 1. The van der Waals surface area contributed by atoms with Crippen molar-refractivity contribution in [1.82, 2.24) is 24.6 Å². The SMILES string of the molecule is COc1cc2c(cc1Nc1ncc(Cl)c(Nc3ccccc3-n3cccn3)n1)CCN(CC(C)(F)F)CC2. The predicted molar refractivity (Wildman–Crippen MR) is 145 cm³/mol. The number of nitrogens with one attached hydrogen (secondary N) is 2. The molecular formula is C27H28ClF2N7O. The van der Waals surface area contributed by atoms with Crippen molar-refractivity contribution in [2.45, 2.75) is 25.7 Å². The Morgan fingerprint density at radius 2 is 1.82 bits per heavy atom. The predicted octanol–water partition coefficient (Wildman–Crippen LogP) is 5.87. The van der Waals surface area contributed by atoms with Crippen molar-refractivity contribution in [2.75, 3.05) is 37.4 Å². The van der Waals surface area contributed by atoms with E-state index in [0.29, 0.717) is 54.2 Å². The summed E-state index contributed by atoms with van der Waals surface area (Å²) in [5.41, 5.74) is 4.46. The number of anilines is 4. The molecule has 0 aliphatic carbocycles. The van der Waals surface area contributed by atoms with Gasteiger partial charge in [-0.2, -0.15) is 10.1 Å². The minimum atomic E-state index is -2.72. The molecule has 1 aliphatic heterocycles. The highest BCUT2D eigenvalue weighted by molar-refractivity contribution is 6.33. The number of nitrogens with zero attached hydrogens (tertiary/aromatic N) is 5. The van der Waals surface area contributed by atoms with Crippen molar-refractivity contribution in [1.29, 1.82) is 0 Å². The molecule has 0 saturated carbocycles.